The fourth-order valence-electron chi connectivity index (χ4n) is 2.43. The lowest BCUT2D eigenvalue weighted by Crippen LogP contribution is -2.41. The molecule has 0 aliphatic carbocycles. The lowest BCUT2D eigenvalue weighted by Gasteiger charge is -2.14. The second-order valence-corrected chi connectivity index (χ2v) is 5.47. The van der Waals surface area contributed by atoms with Crippen molar-refractivity contribution in [2.24, 2.45) is 4.99 Å². The van der Waals surface area contributed by atoms with Gasteiger partial charge >= 0.3 is 0 Å². The first-order valence-electron chi connectivity index (χ1n) is 8.44. The van der Waals surface area contributed by atoms with E-state index < -0.39 is 0 Å². The number of aliphatic imine (C=N–C) groups is 1. The molecule has 0 bridgehead atoms. The van der Waals surface area contributed by atoms with Crippen LogP contribution in [0.4, 0.5) is 0 Å². The number of amides is 1. The molecule has 0 saturated carbocycles. The molecular formula is C19H25N5O. The van der Waals surface area contributed by atoms with Crippen molar-refractivity contribution in [1.29, 1.82) is 0 Å². The van der Waals surface area contributed by atoms with Crippen LogP contribution in [-0.4, -0.2) is 37.0 Å². The molecule has 3 N–H and O–H groups in total. The second-order valence-electron chi connectivity index (χ2n) is 5.47. The highest BCUT2D eigenvalue weighted by atomic mass is 16.1. The number of guanidine groups is 1. The van der Waals surface area contributed by atoms with Crippen LogP contribution in [0.3, 0.4) is 0 Å². The Kier molecular flexibility index (Phi) is 7.43. The summed E-state index contributed by atoms with van der Waals surface area (Å²) in [4.78, 5) is 20.1. The minimum absolute atomic E-state index is 0.130. The number of benzene rings is 1. The number of nitrogens with one attached hydrogen (secondary N) is 3. The van der Waals surface area contributed by atoms with Gasteiger partial charge in [-0.3, -0.25) is 14.8 Å². The minimum Gasteiger partial charge on any atom is -0.355 e. The number of nitrogens with zero attached hydrogens (tertiary/aromatic N) is 2. The molecule has 25 heavy (non-hydrogen) atoms. The molecule has 1 aromatic heterocycles. The third-order valence-electron chi connectivity index (χ3n) is 3.80. The number of carbonyl (C=O) groups excluding carboxylic acids is 1. The summed E-state index contributed by atoms with van der Waals surface area (Å²) in [6.07, 6.45) is 4.20. The van der Waals surface area contributed by atoms with Crippen LogP contribution in [0.25, 0.3) is 0 Å². The number of carbonyl (C=O) groups is 1. The van der Waals surface area contributed by atoms with Gasteiger partial charge in [-0.15, -0.1) is 0 Å². The van der Waals surface area contributed by atoms with Crippen molar-refractivity contribution < 1.29 is 4.79 Å². The molecule has 132 valence electrons. The highest BCUT2D eigenvalue weighted by Crippen LogP contribution is 2.08. The maximum Gasteiger partial charge on any atom is 0.252 e. The van der Waals surface area contributed by atoms with Gasteiger partial charge < -0.3 is 16.0 Å². The summed E-state index contributed by atoms with van der Waals surface area (Å²) < 4.78 is 0. The molecule has 0 aliphatic rings. The first kappa shape index (κ1) is 18.4. The highest BCUT2D eigenvalue weighted by molar-refractivity contribution is 5.93. The SMILES string of the molecule is CCc1ccccc1CNC(=NC)NCCNC(=O)c1cccnc1. The Labute approximate surface area is 148 Å². The summed E-state index contributed by atoms with van der Waals surface area (Å²) in [7, 11) is 1.73. The van der Waals surface area contributed by atoms with E-state index in [2.05, 4.69) is 51.0 Å². The molecule has 6 heteroatoms. The number of pyridine rings is 1. The van der Waals surface area contributed by atoms with Gasteiger partial charge in [0.25, 0.3) is 5.91 Å². The fraction of sp³-hybridized carbons (Fsp3) is 0.316. The van der Waals surface area contributed by atoms with Crippen LogP contribution in [0.1, 0.15) is 28.4 Å². The summed E-state index contributed by atoms with van der Waals surface area (Å²) in [6.45, 7) is 3.95. The molecule has 1 aromatic carbocycles. The lowest BCUT2D eigenvalue weighted by atomic mass is 10.1. The van der Waals surface area contributed by atoms with Crippen molar-refractivity contribution in [3.8, 4) is 0 Å². The molecular weight excluding hydrogens is 314 g/mol. The van der Waals surface area contributed by atoms with Crippen LogP contribution in [0, 0.1) is 0 Å². The first-order valence-corrected chi connectivity index (χ1v) is 8.44. The largest absolute Gasteiger partial charge is 0.355 e. The van der Waals surface area contributed by atoms with E-state index in [0.29, 0.717) is 31.2 Å². The highest BCUT2D eigenvalue weighted by Gasteiger charge is 2.05. The van der Waals surface area contributed by atoms with Gasteiger partial charge in [0, 0.05) is 39.1 Å². The summed E-state index contributed by atoms with van der Waals surface area (Å²) in [6, 6.07) is 11.8. The van der Waals surface area contributed by atoms with E-state index in [4.69, 9.17) is 0 Å². The Morgan fingerprint density at radius 3 is 2.48 bits per heavy atom. The van der Waals surface area contributed by atoms with E-state index in [1.807, 2.05) is 6.07 Å². The Bertz CT molecular complexity index is 700. The van der Waals surface area contributed by atoms with Crippen molar-refractivity contribution in [3.05, 3.63) is 65.5 Å². The van der Waals surface area contributed by atoms with Crippen LogP contribution < -0.4 is 16.0 Å². The third-order valence-corrected chi connectivity index (χ3v) is 3.80. The van der Waals surface area contributed by atoms with Crippen molar-refractivity contribution in [3.63, 3.8) is 0 Å². The molecule has 0 atom stereocenters. The maximum absolute atomic E-state index is 11.9. The molecule has 0 fully saturated rings. The Balaban J connectivity index is 1.73. The van der Waals surface area contributed by atoms with Crippen LogP contribution in [0.5, 0.6) is 0 Å². The quantitative estimate of drug-likeness (QED) is 0.408. The van der Waals surface area contributed by atoms with Gasteiger partial charge in [0.1, 0.15) is 0 Å². The molecule has 2 aromatic rings. The second kappa shape index (κ2) is 10.1. The van der Waals surface area contributed by atoms with E-state index in [1.165, 1.54) is 11.1 Å². The van der Waals surface area contributed by atoms with Crippen molar-refractivity contribution >= 4 is 11.9 Å². The van der Waals surface area contributed by atoms with Gasteiger partial charge in [-0.2, -0.15) is 0 Å². The van der Waals surface area contributed by atoms with Gasteiger partial charge in [0.2, 0.25) is 0 Å². The molecule has 0 spiro atoms. The smallest absolute Gasteiger partial charge is 0.252 e. The third kappa shape index (κ3) is 5.91. The molecule has 0 unspecified atom stereocenters. The number of hydrogen-bond donors (Lipinski definition) is 3. The monoisotopic (exact) mass is 339 g/mol. The first-order chi connectivity index (χ1) is 12.2. The fourth-order valence-corrected chi connectivity index (χ4v) is 2.43. The van der Waals surface area contributed by atoms with Crippen LogP contribution >= 0.6 is 0 Å². The molecule has 6 nitrogen and oxygen atoms in total. The summed E-state index contributed by atoms with van der Waals surface area (Å²) in [5.74, 6) is 0.580. The predicted molar refractivity (Wildman–Crippen MR) is 101 cm³/mol. The average molecular weight is 339 g/mol. The zero-order valence-corrected chi connectivity index (χ0v) is 14.7. The van der Waals surface area contributed by atoms with E-state index in [0.717, 1.165) is 6.42 Å². The Hall–Kier alpha value is -2.89. The van der Waals surface area contributed by atoms with Crippen LogP contribution in [0.2, 0.25) is 0 Å². The standard InChI is InChI=1S/C19H25N5O/c1-3-15-7-4-5-8-16(15)14-24-19(20-2)23-12-11-22-18(25)17-9-6-10-21-13-17/h4-10,13H,3,11-12,14H2,1-2H3,(H,22,25)(H2,20,23,24). The van der Waals surface area contributed by atoms with Crippen molar-refractivity contribution in [2.75, 3.05) is 20.1 Å². The normalized spacial score (nSPS) is 11.0. The Morgan fingerprint density at radius 2 is 1.80 bits per heavy atom. The van der Waals surface area contributed by atoms with Gasteiger partial charge in [0.05, 0.1) is 5.56 Å². The molecule has 0 saturated heterocycles. The van der Waals surface area contributed by atoms with Crippen molar-refractivity contribution in [2.45, 2.75) is 19.9 Å². The van der Waals surface area contributed by atoms with E-state index in [9.17, 15) is 4.79 Å². The zero-order valence-electron chi connectivity index (χ0n) is 14.7. The predicted octanol–water partition coefficient (Wildman–Crippen LogP) is 1.74. The number of aromatic nitrogens is 1. The van der Waals surface area contributed by atoms with E-state index >= 15 is 0 Å². The topological polar surface area (TPSA) is 78.4 Å². The summed E-state index contributed by atoms with van der Waals surface area (Å²) in [5, 5.41) is 9.34. The number of aryl methyl sites for hydroxylation is 1. The summed E-state index contributed by atoms with van der Waals surface area (Å²) in [5.41, 5.74) is 3.15. The van der Waals surface area contributed by atoms with Gasteiger partial charge in [-0.05, 0) is 29.7 Å². The molecule has 0 radical (unpaired) electrons. The molecule has 0 aliphatic heterocycles. The maximum atomic E-state index is 11.9. The lowest BCUT2D eigenvalue weighted by molar-refractivity contribution is 0.0954. The van der Waals surface area contributed by atoms with Crippen LogP contribution in [-0.2, 0) is 13.0 Å². The molecule has 1 heterocycles. The summed E-state index contributed by atoms with van der Waals surface area (Å²) >= 11 is 0. The zero-order chi connectivity index (χ0) is 17.9. The Morgan fingerprint density at radius 1 is 1.04 bits per heavy atom. The van der Waals surface area contributed by atoms with E-state index in [1.54, 1.807) is 31.6 Å². The van der Waals surface area contributed by atoms with E-state index in [-0.39, 0.29) is 5.91 Å². The van der Waals surface area contributed by atoms with Crippen molar-refractivity contribution in [1.82, 2.24) is 20.9 Å². The average Bonchev–Trinajstić information content (AvgIpc) is 2.68. The van der Waals surface area contributed by atoms with Crippen LogP contribution in [0.15, 0.2) is 53.8 Å². The number of hydrogen-bond acceptors (Lipinski definition) is 3. The van der Waals surface area contributed by atoms with Gasteiger partial charge in [-0.25, -0.2) is 0 Å². The van der Waals surface area contributed by atoms with Gasteiger partial charge in [0.15, 0.2) is 5.96 Å². The molecule has 2 rings (SSSR count). The number of rotatable bonds is 7. The molecule has 1 amide bonds. The van der Waals surface area contributed by atoms with Gasteiger partial charge in [-0.1, -0.05) is 31.2 Å². The minimum atomic E-state index is -0.130.